The van der Waals surface area contributed by atoms with Crippen LogP contribution in [-0.2, 0) is 5.75 Å². The van der Waals surface area contributed by atoms with Crippen LogP contribution < -0.4 is 5.73 Å². The van der Waals surface area contributed by atoms with Crippen molar-refractivity contribution in [2.75, 3.05) is 5.73 Å². The highest BCUT2D eigenvalue weighted by atomic mass is 32.2. The van der Waals surface area contributed by atoms with Gasteiger partial charge in [-0.05, 0) is 25.5 Å². The number of nitrogens with zero attached hydrogens (tertiary/aromatic N) is 4. The van der Waals surface area contributed by atoms with Crippen LogP contribution in [-0.4, -0.2) is 19.9 Å². The van der Waals surface area contributed by atoms with Gasteiger partial charge in [-0.25, -0.2) is 19.9 Å². The van der Waals surface area contributed by atoms with Crippen LogP contribution in [0.1, 0.15) is 16.3 Å². The molecule has 0 aliphatic heterocycles. The molecule has 0 atom stereocenters. The summed E-state index contributed by atoms with van der Waals surface area (Å²) >= 11 is 3.16. The summed E-state index contributed by atoms with van der Waals surface area (Å²) in [5, 5.41) is 1.70. The van der Waals surface area contributed by atoms with Gasteiger partial charge in [-0.3, -0.25) is 0 Å². The molecule has 7 heteroatoms. The number of aryl methyl sites for hydroxylation is 2. The molecule has 5 nitrogen and oxygen atoms in total. The van der Waals surface area contributed by atoms with Crippen LogP contribution >= 0.6 is 23.1 Å². The number of hydrogen-bond donors (Lipinski definition) is 1. The minimum atomic E-state index is 0.557. The minimum absolute atomic E-state index is 0.557. The smallest absolute Gasteiger partial charge is 0.187 e. The van der Waals surface area contributed by atoms with Crippen LogP contribution in [0.25, 0.3) is 10.2 Å². The van der Waals surface area contributed by atoms with Gasteiger partial charge in [0.15, 0.2) is 5.16 Å². The molecule has 0 bridgehead atoms. The monoisotopic (exact) mass is 303 g/mol. The highest BCUT2D eigenvalue weighted by Crippen LogP contribution is 2.32. The quantitative estimate of drug-likeness (QED) is 0.592. The molecule has 3 aromatic rings. The maximum Gasteiger partial charge on any atom is 0.187 e. The van der Waals surface area contributed by atoms with Gasteiger partial charge in [0.2, 0.25) is 0 Å². The van der Waals surface area contributed by atoms with E-state index in [1.54, 1.807) is 29.8 Å². The van der Waals surface area contributed by atoms with Gasteiger partial charge in [0.1, 0.15) is 16.5 Å². The van der Waals surface area contributed by atoms with Gasteiger partial charge >= 0.3 is 0 Å². The van der Waals surface area contributed by atoms with Crippen LogP contribution in [0.4, 0.5) is 5.82 Å². The number of fused-ring (bicyclic) bond motifs is 1. The number of thioether (sulfide) groups is 1. The lowest BCUT2D eigenvalue weighted by Crippen LogP contribution is -1.99. The molecule has 0 saturated carbocycles. The lowest BCUT2D eigenvalue weighted by Gasteiger charge is -2.02. The second kappa shape index (κ2) is 5.34. The van der Waals surface area contributed by atoms with Crippen molar-refractivity contribution < 1.29 is 0 Å². The number of anilines is 1. The Labute approximate surface area is 124 Å². The molecule has 20 heavy (non-hydrogen) atoms. The summed E-state index contributed by atoms with van der Waals surface area (Å²) in [6.45, 7) is 4.13. The number of nitrogen functional groups attached to an aromatic ring is 1. The number of nitrogens with two attached hydrogens (primary N) is 1. The van der Waals surface area contributed by atoms with Crippen LogP contribution in [0.15, 0.2) is 23.6 Å². The van der Waals surface area contributed by atoms with Gasteiger partial charge in [0.25, 0.3) is 0 Å². The van der Waals surface area contributed by atoms with Crippen LogP contribution in [0.3, 0.4) is 0 Å². The summed E-state index contributed by atoms with van der Waals surface area (Å²) in [5.41, 5.74) is 7.23. The molecule has 102 valence electrons. The molecule has 2 N–H and O–H groups in total. The highest BCUT2D eigenvalue weighted by molar-refractivity contribution is 7.98. The van der Waals surface area contributed by atoms with Crippen molar-refractivity contribution in [2.24, 2.45) is 0 Å². The van der Waals surface area contributed by atoms with E-state index >= 15 is 0 Å². The number of rotatable bonds is 3. The van der Waals surface area contributed by atoms with E-state index in [1.807, 2.05) is 0 Å². The molecular formula is C13H13N5S2. The van der Waals surface area contributed by atoms with E-state index in [1.165, 1.54) is 22.2 Å². The third-order valence-electron chi connectivity index (χ3n) is 2.98. The summed E-state index contributed by atoms with van der Waals surface area (Å²) in [7, 11) is 0. The Hall–Kier alpha value is -1.73. The summed E-state index contributed by atoms with van der Waals surface area (Å²) in [6, 6.07) is 1.79. The van der Waals surface area contributed by atoms with Crippen molar-refractivity contribution in [3.8, 4) is 0 Å². The molecule has 0 saturated heterocycles. The summed E-state index contributed by atoms with van der Waals surface area (Å²) in [5.74, 6) is 1.88. The number of aromatic nitrogens is 4. The molecule has 0 aliphatic carbocycles. The molecule has 3 heterocycles. The molecule has 0 aliphatic rings. The molecule has 0 fully saturated rings. The first-order valence-corrected chi connectivity index (χ1v) is 7.87. The van der Waals surface area contributed by atoms with E-state index in [4.69, 9.17) is 5.73 Å². The third kappa shape index (κ3) is 2.46. The fraction of sp³-hybridized carbons (Fsp3) is 0.231. The van der Waals surface area contributed by atoms with Crippen molar-refractivity contribution in [2.45, 2.75) is 24.8 Å². The summed E-state index contributed by atoms with van der Waals surface area (Å²) in [4.78, 5) is 19.5. The molecule has 0 unspecified atom stereocenters. The zero-order valence-electron chi connectivity index (χ0n) is 11.1. The van der Waals surface area contributed by atoms with Crippen molar-refractivity contribution in [1.82, 2.24) is 19.9 Å². The highest BCUT2D eigenvalue weighted by Gasteiger charge is 2.12. The normalized spacial score (nSPS) is 11.1. The average molecular weight is 303 g/mol. The van der Waals surface area contributed by atoms with Gasteiger partial charge in [-0.1, -0.05) is 11.8 Å². The Kier molecular flexibility index (Phi) is 3.54. The predicted octanol–water partition coefficient (Wildman–Crippen LogP) is 2.97. The van der Waals surface area contributed by atoms with Crippen LogP contribution in [0, 0.1) is 13.8 Å². The summed E-state index contributed by atoms with van der Waals surface area (Å²) in [6.07, 6.45) is 3.44. The summed E-state index contributed by atoms with van der Waals surface area (Å²) < 4.78 is 0. The second-order valence-corrected chi connectivity index (χ2v) is 6.45. The lowest BCUT2D eigenvalue weighted by atomic mass is 10.2. The Morgan fingerprint density at radius 2 is 1.95 bits per heavy atom. The average Bonchev–Trinajstić information content (AvgIpc) is 2.73. The zero-order valence-corrected chi connectivity index (χ0v) is 12.8. The van der Waals surface area contributed by atoms with Crippen molar-refractivity contribution >= 4 is 39.1 Å². The van der Waals surface area contributed by atoms with Crippen molar-refractivity contribution in [1.29, 1.82) is 0 Å². The fourth-order valence-corrected chi connectivity index (χ4v) is 3.59. The molecule has 3 aromatic heterocycles. The number of thiophene rings is 1. The van der Waals surface area contributed by atoms with Crippen molar-refractivity contribution in [3.05, 3.63) is 34.7 Å². The first-order chi connectivity index (χ1) is 9.65. The minimum Gasteiger partial charge on any atom is -0.383 e. The largest absolute Gasteiger partial charge is 0.383 e. The predicted molar refractivity (Wildman–Crippen MR) is 82.9 cm³/mol. The van der Waals surface area contributed by atoms with Crippen LogP contribution in [0.5, 0.6) is 0 Å². The molecule has 0 radical (unpaired) electrons. The van der Waals surface area contributed by atoms with E-state index in [2.05, 4.69) is 33.8 Å². The molecule has 3 rings (SSSR count). The second-order valence-electron chi connectivity index (χ2n) is 4.31. The molecular weight excluding hydrogens is 290 g/mol. The van der Waals surface area contributed by atoms with E-state index in [0.717, 1.165) is 10.2 Å². The van der Waals surface area contributed by atoms with Gasteiger partial charge in [0.05, 0.1) is 11.1 Å². The first-order valence-electron chi connectivity index (χ1n) is 6.07. The Morgan fingerprint density at radius 3 is 2.70 bits per heavy atom. The van der Waals surface area contributed by atoms with Crippen molar-refractivity contribution in [3.63, 3.8) is 0 Å². The Balaban J connectivity index is 1.89. The maximum atomic E-state index is 6.06. The standard InChI is InChI=1S/C13H13N5S2/c1-7-8(2)20-12-10(7)11(14)17-9(18-12)6-19-13-15-4-3-5-16-13/h3-5H,6H2,1-2H3,(H2,14,17,18). The topological polar surface area (TPSA) is 77.6 Å². The SMILES string of the molecule is Cc1sc2nc(CSc3ncccn3)nc(N)c2c1C. The van der Waals surface area contributed by atoms with Crippen LogP contribution in [0.2, 0.25) is 0 Å². The van der Waals surface area contributed by atoms with E-state index in [0.29, 0.717) is 22.6 Å². The van der Waals surface area contributed by atoms with Gasteiger partial charge in [-0.2, -0.15) is 0 Å². The van der Waals surface area contributed by atoms with E-state index in [-0.39, 0.29) is 0 Å². The zero-order chi connectivity index (χ0) is 14.1. The van der Waals surface area contributed by atoms with Gasteiger partial charge < -0.3 is 5.73 Å². The maximum absolute atomic E-state index is 6.06. The molecule has 0 spiro atoms. The third-order valence-corrected chi connectivity index (χ3v) is 4.95. The van der Waals surface area contributed by atoms with Gasteiger partial charge in [0, 0.05) is 17.3 Å². The first kappa shape index (κ1) is 13.3. The van der Waals surface area contributed by atoms with E-state index in [9.17, 15) is 0 Å². The Morgan fingerprint density at radius 1 is 1.20 bits per heavy atom. The van der Waals surface area contributed by atoms with E-state index < -0.39 is 0 Å². The molecule has 0 amide bonds. The number of hydrogen-bond acceptors (Lipinski definition) is 7. The molecule has 0 aromatic carbocycles. The lowest BCUT2D eigenvalue weighted by molar-refractivity contribution is 0.961. The fourth-order valence-electron chi connectivity index (χ4n) is 1.88. The van der Waals surface area contributed by atoms with Gasteiger partial charge in [-0.15, -0.1) is 11.3 Å². The Bertz CT molecular complexity index is 754.